The Morgan fingerprint density at radius 1 is 1.33 bits per heavy atom. The van der Waals surface area contributed by atoms with Crippen LogP contribution in [0.25, 0.3) is 0 Å². The Bertz CT molecular complexity index is 446. The largest absolute Gasteiger partial charge is 0.492 e. The molecule has 1 amide bonds. The van der Waals surface area contributed by atoms with Crippen molar-refractivity contribution in [1.82, 2.24) is 4.90 Å². The van der Waals surface area contributed by atoms with E-state index in [0.717, 1.165) is 10.2 Å². The van der Waals surface area contributed by atoms with Gasteiger partial charge in [-0.25, -0.2) is 0 Å². The average Bonchev–Trinajstić information content (AvgIpc) is 2.38. The fraction of sp³-hybridized carbons (Fsp3) is 0.533. The van der Waals surface area contributed by atoms with Crippen LogP contribution in [0.4, 0.5) is 0 Å². The van der Waals surface area contributed by atoms with Gasteiger partial charge in [-0.3, -0.25) is 4.79 Å². The van der Waals surface area contributed by atoms with E-state index in [0.29, 0.717) is 13.2 Å². The lowest BCUT2D eigenvalue weighted by molar-refractivity contribution is -0.133. The summed E-state index contributed by atoms with van der Waals surface area (Å²) in [5.41, 5.74) is 5.72. The summed E-state index contributed by atoms with van der Waals surface area (Å²) >= 11 is 3.37. The summed E-state index contributed by atoms with van der Waals surface area (Å²) in [6.07, 6.45) is 0. The molecular formula is C15H24BrClN2O2. The van der Waals surface area contributed by atoms with Crippen molar-refractivity contribution in [3.8, 4) is 5.75 Å². The quantitative estimate of drug-likeness (QED) is 0.855. The smallest absolute Gasteiger partial charge is 0.239 e. The number of nitrogens with zero attached hydrogens (tertiary/aromatic N) is 1. The van der Waals surface area contributed by atoms with Crippen molar-refractivity contribution in [2.24, 2.45) is 11.1 Å². The molecule has 2 N–H and O–H groups in total. The average molecular weight is 380 g/mol. The lowest BCUT2D eigenvalue weighted by Gasteiger charge is -2.29. The van der Waals surface area contributed by atoms with Gasteiger partial charge in [0.15, 0.2) is 0 Å². The number of hydrogen-bond acceptors (Lipinski definition) is 3. The molecule has 120 valence electrons. The number of ether oxygens (including phenoxy) is 1. The number of hydrogen-bond donors (Lipinski definition) is 1. The number of likely N-dealkylation sites (N-methyl/N-ethyl adjacent to an activating group) is 1. The Hall–Kier alpha value is -0.780. The molecule has 0 aliphatic carbocycles. The van der Waals surface area contributed by atoms with E-state index >= 15 is 0 Å². The molecule has 0 spiro atoms. The summed E-state index contributed by atoms with van der Waals surface area (Å²) < 4.78 is 6.60. The molecule has 1 atom stereocenters. The molecule has 0 aliphatic heterocycles. The van der Waals surface area contributed by atoms with E-state index in [2.05, 4.69) is 15.9 Å². The third-order valence-electron chi connectivity index (χ3n) is 3.08. The maximum atomic E-state index is 12.1. The van der Waals surface area contributed by atoms with Gasteiger partial charge in [0.2, 0.25) is 5.91 Å². The maximum absolute atomic E-state index is 12.1. The minimum absolute atomic E-state index is 0. The van der Waals surface area contributed by atoms with Crippen LogP contribution in [0, 0.1) is 5.41 Å². The van der Waals surface area contributed by atoms with E-state index in [1.807, 2.05) is 45.0 Å². The van der Waals surface area contributed by atoms with Crippen LogP contribution in [0.1, 0.15) is 20.8 Å². The van der Waals surface area contributed by atoms with E-state index in [-0.39, 0.29) is 23.7 Å². The predicted octanol–water partition coefficient (Wildman–Crippen LogP) is 3.08. The van der Waals surface area contributed by atoms with Gasteiger partial charge in [0.1, 0.15) is 12.4 Å². The highest BCUT2D eigenvalue weighted by molar-refractivity contribution is 9.10. The summed E-state index contributed by atoms with van der Waals surface area (Å²) in [5, 5.41) is 0. The fourth-order valence-electron chi connectivity index (χ4n) is 1.55. The highest BCUT2D eigenvalue weighted by Gasteiger charge is 2.29. The minimum Gasteiger partial charge on any atom is -0.492 e. The zero-order valence-corrected chi connectivity index (χ0v) is 15.3. The molecule has 1 aromatic rings. The van der Waals surface area contributed by atoms with Crippen LogP contribution in [-0.2, 0) is 4.79 Å². The van der Waals surface area contributed by atoms with Crippen molar-refractivity contribution < 1.29 is 9.53 Å². The molecule has 1 aromatic carbocycles. The lowest BCUT2D eigenvalue weighted by Crippen LogP contribution is -2.49. The van der Waals surface area contributed by atoms with Crippen LogP contribution in [-0.4, -0.2) is 37.0 Å². The summed E-state index contributed by atoms with van der Waals surface area (Å²) in [4.78, 5) is 13.7. The van der Waals surface area contributed by atoms with Crippen molar-refractivity contribution in [2.75, 3.05) is 20.2 Å². The number of nitrogens with two attached hydrogens (primary N) is 1. The summed E-state index contributed by atoms with van der Waals surface area (Å²) in [7, 11) is 1.75. The Morgan fingerprint density at radius 2 is 1.86 bits per heavy atom. The molecule has 21 heavy (non-hydrogen) atoms. The van der Waals surface area contributed by atoms with Gasteiger partial charge < -0.3 is 15.4 Å². The van der Waals surface area contributed by atoms with Gasteiger partial charge in [0.05, 0.1) is 12.6 Å². The van der Waals surface area contributed by atoms with E-state index in [9.17, 15) is 4.79 Å². The topological polar surface area (TPSA) is 55.6 Å². The molecule has 0 saturated heterocycles. The van der Waals surface area contributed by atoms with Gasteiger partial charge in [-0.05, 0) is 29.7 Å². The van der Waals surface area contributed by atoms with Gasteiger partial charge in [-0.2, -0.15) is 0 Å². The zero-order chi connectivity index (χ0) is 15.3. The third-order valence-corrected chi connectivity index (χ3v) is 3.61. The van der Waals surface area contributed by atoms with Gasteiger partial charge in [0, 0.05) is 11.5 Å². The molecule has 1 rings (SSSR count). The van der Waals surface area contributed by atoms with Gasteiger partial charge >= 0.3 is 0 Å². The second-order valence-electron chi connectivity index (χ2n) is 5.91. The zero-order valence-electron chi connectivity index (χ0n) is 12.9. The highest BCUT2D eigenvalue weighted by Crippen LogP contribution is 2.19. The number of carbonyl (C=O) groups is 1. The van der Waals surface area contributed by atoms with Crippen molar-refractivity contribution in [3.63, 3.8) is 0 Å². The molecule has 6 heteroatoms. The van der Waals surface area contributed by atoms with Crippen LogP contribution >= 0.6 is 28.3 Å². The van der Waals surface area contributed by atoms with E-state index in [4.69, 9.17) is 10.5 Å². The Labute approximate surface area is 141 Å². The van der Waals surface area contributed by atoms with Gasteiger partial charge in [-0.15, -0.1) is 12.4 Å². The first-order chi connectivity index (χ1) is 9.21. The van der Waals surface area contributed by atoms with E-state index in [1.54, 1.807) is 11.9 Å². The monoisotopic (exact) mass is 378 g/mol. The summed E-state index contributed by atoms with van der Waals surface area (Å²) in [6.45, 7) is 6.84. The second-order valence-corrected chi connectivity index (χ2v) is 6.82. The van der Waals surface area contributed by atoms with Crippen molar-refractivity contribution in [3.05, 3.63) is 28.7 Å². The molecule has 4 nitrogen and oxygen atoms in total. The standard InChI is InChI=1S/C15H23BrN2O2.ClH/c1-15(2,3)13(17)14(19)18(4)9-10-20-12-7-5-11(16)6-8-12;/h5-8,13H,9-10,17H2,1-4H3;1H/t13-;/m1./s1. The van der Waals surface area contributed by atoms with E-state index < -0.39 is 6.04 Å². The Balaban J connectivity index is 0.00000400. The number of benzene rings is 1. The number of amides is 1. The van der Waals surface area contributed by atoms with Crippen LogP contribution < -0.4 is 10.5 Å². The number of halogens is 2. The van der Waals surface area contributed by atoms with E-state index in [1.165, 1.54) is 0 Å². The van der Waals surface area contributed by atoms with Gasteiger partial charge in [0.25, 0.3) is 0 Å². The first kappa shape index (κ1) is 20.2. The predicted molar refractivity (Wildman–Crippen MR) is 92.0 cm³/mol. The molecule has 0 fully saturated rings. The molecule has 0 unspecified atom stereocenters. The molecule has 0 aromatic heterocycles. The van der Waals surface area contributed by atoms with Crippen LogP contribution in [0.15, 0.2) is 28.7 Å². The second kappa shape index (κ2) is 8.61. The van der Waals surface area contributed by atoms with Crippen LogP contribution in [0.5, 0.6) is 5.75 Å². The Morgan fingerprint density at radius 3 is 2.33 bits per heavy atom. The molecule has 0 aliphatic rings. The minimum atomic E-state index is -0.500. The normalized spacial score (nSPS) is 12.3. The maximum Gasteiger partial charge on any atom is 0.239 e. The van der Waals surface area contributed by atoms with Gasteiger partial charge in [-0.1, -0.05) is 36.7 Å². The third kappa shape index (κ3) is 6.68. The number of carbonyl (C=O) groups excluding carboxylic acids is 1. The van der Waals surface area contributed by atoms with Crippen LogP contribution in [0.3, 0.4) is 0 Å². The first-order valence-corrected chi connectivity index (χ1v) is 7.40. The summed E-state index contributed by atoms with van der Waals surface area (Å²) in [5.74, 6) is 0.728. The molecule has 0 bridgehead atoms. The van der Waals surface area contributed by atoms with Crippen molar-refractivity contribution >= 4 is 34.2 Å². The lowest BCUT2D eigenvalue weighted by atomic mass is 9.86. The SMILES string of the molecule is CN(CCOc1ccc(Br)cc1)C(=O)[C@@H](N)C(C)(C)C.Cl. The molecule has 0 heterocycles. The van der Waals surface area contributed by atoms with Crippen molar-refractivity contribution in [1.29, 1.82) is 0 Å². The molecular weight excluding hydrogens is 356 g/mol. The number of rotatable bonds is 5. The molecule has 0 saturated carbocycles. The highest BCUT2D eigenvalue weighted by atomic mass is 79.9. The summed E-state index contributed by atoms with van der Waals surface area (Å²) in [6, 6.07) is 7.10. The Kier molecular flexibility index (Phi) is 8.29. The molecule has 0 radical (unpaired) electrons. The fourth-order valence-corrected chi connectivity index (χ4v) is 1.81. The van der Waals surface area contributed by atoms with Crippen LogP contribution in [0.2, 0.25) is 0 Å². The first-order valence-electron chi connectivity index (χ1n) is 6.61. The van der Waals surface area contributed by atoms with Crippen molar-refractivity contribution in [2.45, 2.75) is 26.8 Å².